The van der Waals surface area contributed by atoms with Crippen molar-refractivity contribution in [2.75, 3.05) is 5.32 Å². The molecule has 4 rings (SSSR count). The minimum atomic E-state index is -3.90. The van der Waals surface area contributed by atoms with Crippen molar-refractivity contribution in [1.82, 2.24) is 8.96 Å². The average Bonchev–Trinajstić information content (AvgIpc) is 3.20. The van der Waals surface area contributed by atoms with Crippen LogP contribution >= 0.6 is 0 Å². The summed E-state index contributed by atoms with van der Waals surface area (Å²) in [6.07, 6.45) is 5.31. The molecule has 0 spiro atoms. The monoisotopic (exact) mass is 425 g/mol. The Kier molecular flexibility index (Phi) is 5.13. The normalized spacial score (nSPS) is 19.3. The van der Waals surface area contributed by atoms with E-state index in [1.165, 1.54) is 24.4 Å². The van der Waals surface area contributed by atoms with Crippen LogP contribution in [0.4, 0.5) is 11.4 Å². The number of pyridine rings is 1. The van der Waals surface area contributed by atoms with Gasteiger partial charge >= 0.3 is 5.69 Å². The third-order valence-corrected chi connectivity index (χ3v) is 7.10. The third kappa shape index (κ3) is 3.48. The van der Waals surface area contributed by atoms with E-state index >= 15 is 0 Å². The number of aromatic nitrogens is 2. The van der Waals surface area contributed by atoms with Crippen molar-refractivity contribution >= 4 is 32.4 Å². The standard InChI is InChI=1S/C20H19N5O4S/c21-12-14-6-8-15(9-7-14)23-19-17-10-11-24(20(17)22-13-18(19)25(26)27)30(28,29)16-4-2-1-3-5-16/h1-5,10-11,13-15H,6-9H2,(H,22,23). The molecule has 0 amide bonds. The number of nitro groups is 1. The van der Waals surface area contributed by atoms with Crippen LogP contribution in [0.2, 0.25) is 0 Å². The summed E-state index contributed by atoms with van der Waals surface area (Å²) in [5, 5.41) is 24.2. The number of nitriles is 1. The fraction of sp³-hybridized carbons (Fsp3) is 0.300. The quantitative estimate of drug-likeness (QED) is 0.487. The number of rotatable bonds is 5. The Bertz CT molecular complexity index is 1240. The Balaban J connectivity index is 1.77. The van der Waals surface area contributed by atoms with Gasteiger partial charge in [0.25, 0.3) is 10.0 Å². The molecule has 1 fully saturated rings. The molecule has 0 atom stereocenters. The molecular formula is C20H19N5O4S. The summed E-state index contributed by atoms with van der Waals surface area (Å²) in [6, 6.07) is 11.7. The zero-order valence-corrected chi connectivity index (χ0v) is 16.7. The SMILES string of the molecule is N#CC1CCC(Nc2c([N+](=O)[O-])cnc3c2ccn3S(=O)(=O)c2ccccc2)CC1. The lowest BCUT2D eigenvalue weighted by Gasteiger charge is -2.26. The second kappa shape index (κ2) is 7.76. The smallest absolute Gasteiger partial charge is 0.311 e. The number of nitrogens with zero attached hydrogens (tertiary/aromatic N) is 4. The maximum atomic E-state index is 13.0. The summed E-state index contributed by atoms with van der Waals surface area (Å²) in [5.41, 5.74) is 0.171. The lowest BCUT2D eigenvalue weighted by molar-refractivity contribution is -0.384. The minimum Gasteiger partial charge on any atom is -0.376 e. The highest BCUT2D eigenvalue weighted by atomic mass is 32.2. The van der Waals surface area contributed by atoms with Crippen molar-refractivity contribution in [3.63, 3.8) is 0 Å². The Morgan fingerprint density at radius 1 is 1.17 bits per heavy atom. The van der Waals surface area contributed by atoms with E-state index in [9.17, 15) is 18.5 Å². The number of hydrogen-bond acceptors (Lipinski definition) is 7. The summed E-state index contributed by atoms with van der Waals surface area (Å²) in [6.45, 7) is 0. The maximum absolute atomic E-state index is 13.0. The van der Waals surface area contributed by atoms with Gasteiger partial charge < -0.3 is 5.32 Å². The zero-order chi connectivity index (χ0) is 21.3. The molecule has 1 aliphatic carbocycles. The highest BCUT2D eigenvalue weighted by Crippen LogP contribution is 2.36. The molecule has 2 aromatic heterocycles. The molecule has 2 heterocycles. The summed E-state index contributed by atoms with van der Waals surface area (Å²) >= 11 is 0. The molecule has 154 valence electrons. The topological polar surface area (TPSA) is 131 Å². The van der Waals surface area contributed by atoms with Crippen LogP contribution in [-0.4, -0.2) is 28.3 Å². The van der Waals surface area contributed by atoms with Crippen LogP contribution in [0.1, 0.15) is 25.7 Å². The van der Waals surface area contributed by atoms with Crippen LogP contribution in [0, 0.1) is 27.4 Å². The number of anilines is 1. The van der Waals surface area contributed by atoms with Gasteiger partial charge in [-0.3, -0.25) is 10.1 Å². The number of nitrogens with one attached hydrogen (secondary N) is 1. The summed E-state index contributed by atoms with van der Waals surface area (Å²) in [4.78, 5) is 15.3. The van der Waals surface area contributed by atoms with Crippen molar-refractivity contribution in [1.29, 1.82) is 5.26 Å². The van der Waals surface area contributed by atoms with E-state index in [2.05, 4.69) is 16.4 Å². The zero-order valence-electron chi connectivity index (χ0n) is 15.9. The Morgan fingerprint density at radius 2 is 1.87 bits per heavy atom. The first-order valence-corrected chi connectivity index (χ1v) is 11.0. The van der Waals surface area contributed by atoms with Gasteiger partial charge in [-0.2, -0.15) is 5.26 Å². The highest BCUT2D eigenvalue weighted by molar-refractivity contribution is 7.90. The second-order valence-electron chi connectivity index (χ2n) is 7.26. The van der Waals surface area contributed by atoms with E-state index in [4.69, 9.17) is 5.26 Å². The van der Waals surface area contributed by atoms with Crippen LogP contribution in [0.25, 0.3) is 11.0 Å². The molecule has 1 aromatic carbocycles. The molecule has 3 aromatic rings. The minimum absolute atomic E-state index is 0.00703. The third-order valence-electron chi connectivity index (χ3n) is 5.42. The van der Waals surface area contributed by atoms with Gasteiger partial charge in [-0.15, -0.1) is 0 Å². The lowest BCUT2D eigenvalue weighted by atomic mass is 9.87. The fourth-order valence-corrected chi connectivity index (χ4v) is 5.14. The van der Waals surface area contributed by atoms with Gasteiger partial charge in [0.05, 0.1) is 21.3 Å². The van der Waals surface area contributed by atoms with Crippen molar-refractivity contribution in [2.45, 2.75) is 36.6 Å². The predicted molar refractivity (Wildman–Crippen MR) is 110 cm³/mol. The van der Waals surface area contributed by atoms with Crippen molar-refractivity contribution in [2.24, 2.45) is 5.92 Å². The number of hydrogen-bond donors (Lipinski definition) is 1. The molecule has 0 radical (unpaired) electrons. The van der Waals surface area contributed by atoms with Crippen LogP contribution < -0.4 is 5.32 Å². The molecule has 0 bridgehead atoms. The molecule has 0 unspecified atom stereocenters. The van der Waals surface area contributed by atoms with Gasteiger partial charge in [-0.1, -0.05) is 18.2 Å². The van der Waals surface area contributed by atoms with Crippen molar-refractivity contribution in [3.8, 4) is 6.07 Å². The van der Waals surface area contributed by atoms with E-state index < -0.39 is 14.9 Å². The van der Waals surface area contributed by atoms with Gasteiger partial charge in [0.1, 0.15) is 11.9 Å². The first-order valence-electron chi connectivity index (χ1n) is 9.53. The van der Waals surface area contributed by atoms with E-state index in [0.29, 0.717) is 18.2 Å². The molecule has 9 nitrogen and oxygen atoms in total. The number of benzene rings is 1. The summed E-state index contributed by atoms with van der Waals surface area (Å²) in [5.74, 6) is 0.00703. The fourth-order valence-electron chi connectivity index (χ4n) is 3.81. The van der Waals surface area contributed by atoms with E-state index in [1.807, 2.05) is 0 Å². The van der Waals surface area contributed by atoms with Gasteiger partial charge in [0.15, 0.2) is 5.65 Å². The molecular weight excluding hydrogens is 406 g/mol. The first kappa shape index (κ1) is 19.8. The van der Waals surface area contributed by atoms with Crippen molar-refractivity contribution in [3.05, 3.63) is 58.9 Å². The van der Waals surface area contributed by atoms with E-state index in [0.717, 1.165) is 23.0 Å². The van der Waals surface area contributed by atoms with E-state index in [1.54, 1.807) is 18.2 Å². The summed E-state index contributed by atoms with van der Waals surface area (Å²) in [7, 11) is -3.90. The average molecular weight is 425 g/mol. The Morgan fingerprint density at radius 3 is 2.50 bits per heavy atom. The molecule has 1 N–H and O–H groups in total. The highest BCUT2D eigenvalue weighted by Gasteiger charge is 2.28. The van der Waals surface area contributed by atoms with Crippen LogP contribution in [0.3, 0.4) is 0 Å². The Labute approximate surface area is 173 Å². The van der Waals surface area contributed by atoms with Gasteiger partial charge in [0.2, 0.25) is 0 Å². The van der Waals surface area contributed by atoms with Gasteiger partial charge in [-0.25, -0.2) is 17.4 Å². The summed E-state index contributed by atoms with van der Waals surface area (Å²) < 4.78 is 27.1. The van der Waals surface area contributed by atoms with Crippen LogP contribution in [0.5, 0.6) is 0 Å². The van der Waals surface area contributed by atoms with E-state index in [-0.39, 0.29) is 33.9 Å². The molecule has 0 aliphatic heterocycles. The molecule has 1 aliphatic rings. The molecule has 1 saturated carbocycles. The van der Waals surface area contributed by atoms with Gasteiger partial charge in [0, 0.05) is 18.2 Å². The lowest BCUT2D eigenvalue weighted by Crippen LogP contribution is -2.26. The predicted octanol–water partition coefficient (Wildman–Crippen LogP) is 3.68. The van der Waals surface area contributed by atoms with Crippen LogP contribution in [0.15, 0.2) is 53.7 Å². The van der Waals surface area contributed by atoms with Crippen LogP contribution in [-0.2, 0) is 10.0 Å². The Hall–Kier alpha value is -3.45. The van der Waals surface area contributed by atoms with Crippen molar-refractivity contribution < 1.29 is 13.3 Å². The number of fused-ring (bicyclic) bond motifs is 1. The second-order valence-corrected chi connectivity index (χ2v) is 9.08. The molecule has 10 heteroatoms. The largest absolute Gasteiger partial charge is 0.376 e. The molecule has 30 heavy (non-hydrogen) atoms. The molecule has 0 saturated heterocycles. The first-order chi connectivity index (χ1) is 14.4. The van der Waals surface area contributed by atoms with Gasteiger partial charge in [-0.05, 0) is 43.9 Å². The maximum Gasteiger partial charge on any atom is 0.311 e.